The van der Waals surface area contributed by atoms with Crippen LogP contribution in [0.1, 0.15) is 18.4 Å². The van der Waals surface area contributed by atoms with Crippen molar-refractivity contribution in [2.24, 2.45) is 0 Å². The third-order valence-corrected chi connectivity index (χ3v) is 6.57. The Hall–Kier alpha value is -2.86. The lowest BCUT2D eigenvalue weighted by atomic mass is 9.85. The van der Waals surface area contributed by atoms with Gasteiger partial charge in [0.05, 0.1) is 19.5 Å². The number of likely N-dealkylation sites (tertiary alicyclic amines) is 1. The second-order valence-corrected chi connectivity index (χ2v) is 8.23. The Bertz CT molecular complexity index is 1030. The van der Waals surface area contributed by atoms with Crippen LogP contribution >= 0.6 is 0 Å². The molecule has 1 aromatic heterocycles. The lowest BCUT2D eigenvalue weighted by Crippen LogP contribution is -2.56. The summed E-state index contributed by atoms with van der Waals surface area (Å²) in [5, 5.41) is 1.15. The van der Waals surface area contributed by atoms with Crippen LogP contribution in [0, 0.1) is 0 Å². The van der Waals surface area contributed by atoms with Gasteiger partial charge in [-0.25, -0.2) is 4.39 Å². The highest BCUT2D eigenvalue weighted by Crippen LogP contribution is 2.39. The minimum atomic E-state index is -0.578. The van der Waals surface area contributed by atoms with Gasteiger partial charge in [-0.15, -0.1) is 0 Å². The molecule has 2 aliphatic heterocycles. The Labute approximate surface area is 175 Å². The third-order valence-electron chi connectivity index (χ3n) is 6.57. The quantitative estimate of drug-likeness (QED) is 0.640. The van der Waals surface area contributed by atoms with Crippen molar-refractivity contribution in [3.05, 3.63) is 66.4 Å². The fourth-order valence-corrected chi connectivity index (χ4v) is 4.95. The van der Waals surface area contributed by atoms with Crippen molar-refractivity contribution < 1.29 is 13.6 Å². The van der Waals surface area contributed by atoms with Gasteiger partial charge in [0.2, 0.25) is 5.91 Å². The summed E-state index contributed by atoms with van der Waals surface area (Å²) in [5.41, 5.74) is 2.54. The molecule has 6 heteroatoms. The molecule has 0 N–H and O–H groups in total. The number of piperidine rings is 1. The molecular weight excluding hydrogens is 381 g/mol. The fourth-order valence-electron chi connectivity index (χ4n) is 4.95. The van der Waals surface area contributed by atoms with Crippen molar-refractivity contribution in [1.82, 2.24) is 9.80 Å². The van der Waals surface area contributed by atoms with Crippen molar-refractivity contribution in [3.63, 3.8) is 0 Å². The van der Waals surface area contributed by atoms with E-state index in [9.17, 15) is 9.18 Å². The van der Waals surface area contributed by atoms with E-state index < -0.39 is 12.2 Å². The molecule has 30 heavy (non-hydrogen) atoms. The van der Waals surface area contributed by atoms with E-state index in [1.807, 2.05) is 54.8 Å². The van der Waals surface area contributed by atoms with Gasteiger partial charge in [0, 0.05) is 36.3 Å². The average molecular weight is 407 g/mol. The first kappa shape index (κ1) is 19.1. The van der Waals surface area contributed by atoms with E-state index in [4.69, 9.17) is 4.42 Å². The maximum atomic E-state index is 13.3. The van der Waals surface area contributed by atoms with Crippen LogP contribution in [0.15, 0.2) is 65.3 Å². The smallest absolute Gasteiger partial charge is 0.250 e. The number of alkyl halides is 1. The third kappa shape index (κ3) is 3.16. The highest BCUT2D eigenvalue weighted by Gasteiger charge is 2.53. The number of fused-ring (bicyclic) bond motifs is 1. The van der Waals surface area contributed by atoms with Crippen LogP contribution in [0.3, 0.4) is 0 Å². The number of benzene rings is 2. The minimum absolute atomic E-state index is 0.0670. The van der Waals surface area contributed by atoms with E-state index in [1.54, 1.807) is 4.90 Å². The lowest BCUT2D eigenvalue weighted by Gasteiger charge is -2.43. The van der Waals surface area contributed by atoms with Crippen LogP contribution in [-0.4, -0.2) is 54.2 Å². The second-order valence-electron chi connectivity index (χ2n) is 8.23. The van der Waals surface area contributed by atoms with Crippen LogP contribution in [0.5, 0.6) is 0 Å². The number of anilines is 1. The van der Waals surface area contributed by atoms with Gasteiger partial charge in [0.1, 0.15) is 17.8 Å². The molecule has 3 aromatic rings. The number of halogens is 1. The predicted octanol–water partition coefficient (Wildman–Crippen LogP) is 4.04. The summed E-state index contributed by atoms with van der Waals surface area (Å²) < 4.78 is 18.8. The summed E-state index contributed by atoms with van der Waals surface area (Å²) >= 11 is 0. The van der Waals surface area contributed by atoms with Gasteiger partial charge < -0.3 is 14.2 Å². The normalized spacial score (nSPS) is 19.3. The highest BCUT2D eigenvalue weighted by atomic mass is 19.1. The Kier molecular flexibility index (Phi) is 4.95. The maximum absolute atomic E-state index is 13.3. The van der Waals surface area contributed by atoms with Gasteiger partial charge in [-0.05, 0) is 31.0 Å². The van der Waals surface area contributed by atoms with Gasteiger partial charge in [-0.1, -0.05) is 36.4 Å². The van der Waals surface area contributed by atoms with E-state index in [0.717, 1.165) is 49.1 Å². The summed E-state index contributed by atoms with van der Waals surface area (Å²) in [7, 11) is 0. The van der Waals surface area contributed by atoms with Gasteiger partial charge in [0.15, 0.2) is 0 Å². The number of carbonyl (C=O) groups excluding carboxylic acids is 1. The molecule has 2 aromatic carbocycles. The first-order valence-corrected chi connectivity index (χ1v) is 10.6. The Morgan fingerprint density at radius 3 is 2.50 bits per heavy atom. The first-order chi connectivity index (χ1) is 14.7. The summed E-state index contributed by atoms with van der Waals surface area (Å²) in [4.78, 5) is 19.6. The Balaban J connectivity index is 1.36. The predicted molar refractivity (Wildman–Crippen MR) is 115 cm³/mol. The molecule has 5 rings (SSSR count). The molecule has 0 atom stereocenters. The van der Waals surface area contributed by atoms with Crippen LogP contribution in [0.2, 0.25) is 0 Å². The molecule has 2 saturated heterocycles. The van der Waals surface area contributed by atoms with E-state index in [2.05, 4.69) is 15.9 Å². The number of amides is 1. The molecule has 0 aliphatic carbocycles. The summed E-state index contributed by atoms with van der Waals surface area (Å²) in [6.45, 7) is 2.55. The number of hydrogen-bond donors (Lipinski definition) is 0. The van der Waals surface area contributed by atoms with Gasteiger partial charge in [0.25, 0.3) is 0 Å². The molecule has 3 heterocycles. The van der Waals surface area contributed by atoms with E-state index >= 15 is 0 Å². The summed E-state index contributed by atoms with van der Waals surface area (Å²) in [5.74, 6) is 0.0670. The molecule has 5 nitrogen and oxygen atoms in total. The van der Waals surface area contributed by atoms with Gasteiger partial charge in [-0.2, -0.15) is 0 Å². The largest absolute Gasteiger partial charge is 0.464 e. The van der Waals surface area contributed by atoms with E-state index in [1.165, 1.54) is 5.56 Å². The molecule has 1 amide bonds. The van der Waals surface area contributed by atoms with Crippen molar-refractivity contribution in [2.75, 3.05) is 37.9 Å². The van der Waals surface area contributed by atoms with Crippen LogP contribution < -0.4 is 4.90 Å². The maximum Gasteiger partial charge on any atom is 0.250 e. The number of carbonyl (C=O) groups is 1. The van der Waals surface area contributed by atoms with Gasteiger partial charge >= 0.3 is 0 Å². The molecule has 0 bridgehead atoms. The first-order valence-electron chi connectivity index (χ1n) is 10.6. The number of nitrogens with zero attached hydrogens (tertiary/aromatic N) is 3. The SMILES string of the molecule is O=C1N(CCF)CN(c2ccccc2)C12CCN(Cc1coc3ccccc13)CC2. The van der Waals surface area contributed by atoms with Gasteiger partial charge in [-0.3, -0.25) is 9.69 Å². The molecular formula is C24H26FN3O2. The highest BCUT2D eigenvalue weighted by molar-refractivity contribution is 5.93. The zero-order valence-electron chi connectivity index (χ0n) is 17.0. The van der Waals surface area contributed by atoms with Crippen molar-refractivity contribution >= 4 is 22.6 Å². The standard InChI is InChI=1S/C24H26FN3O2/c25-12-15-27-18-28(20-6-2-1-3-7-20)24(23(27)29)10-13-26(14-11-24)16-19-17-30-22-9-5-4-8-21(19)22/h1-9,17H,10-16,18H2. The average Bonchev–Trinajstić information content (AvgIpc) is 3.31. The fraction of sp³-hybridized carbons (Fsp3) is 0.375. The number of furan rings is 1. The molecule has 156 valence electrons. The minimum Gasteiger partial charge on any atom is -0.464 e. The number of para-hydroxylation sites is 2. The van der Waals surface area contributed by atoms with E-state index in [-0.39, 0.29) is 12.5 Å². The summed E-state index contributed by atoms with van der Waals surface area (Å²) in [6.07, 6.45) is 3.31. The lowest BCUT2D eigenvalue weighted by molar-refractivity contribution is -0.133. The molecule has 2 fully saturated rings. The van der Waals surface area contributed by atoms with Crippen molar-refractivity contribution in [3.8, 4) is 0 Å². The molecule has 0 radical (unpaired) electrons. The molecule has 2 aliphatic rings. The second kappa shape index (κ2) is 7.76. The van der Waals surface area contributed by atoms with Crippen molar-refractivity contribution in [1.29, 1.82) is 0 Å². The topological polar surface area (TPSA) is 39.9 Å². The van der Waals surface area contributed by atoms with Crippen LogP contribution in [-0.2, 0) is 11.3 Å². The Morgan fingerprint density at radius 2 is 1.73 bits per heavy atom. The molecule has 0 unspecified atom stereocenters. The number of rotatable bonds is 5. The molecule has 1 spiro atoms. The van der Waals surface area contributed by atoms with E-state index in [0.29, 0.717) is 6.67 Å². The monoisotopic (exact) mass is 407 g/mol. The zero-order valence-corrected chi connectivity index (χ0v) is 17.0. The Morgan fingerprint density at radius 1 is 1.00 bits per heavy atom. The number of hydrogen-bond acceptors (Lipinski definition) is 4. The molecule has 0 saturated carbocycles. The van der Waals surface area contributed by atoms with Crippen molar-refractivity contribution in [2.45, 2.75) is 24.9 Å². The summed E-state index contributed by atoms with van der Waals surface area (Å²) in [6, 6.07) is 18.1. The van der Waals surface area contributed by atoms with Crippen LogP contribution in [0.25, 0.3) is 11.0 Å². The zero-order chi connectivity index (χ0) is 20.6. The van der Waals surface area contributed by atoms with Crippen LogP contribution in [0.4, 0.5) is 10.1 Å².